The number of benzene rings is 1. The van der Waals surface area contributed by atoms with E-state index in [1.165, 1.54) is 33.2 Å². The van der Waals surface area contributed by atoms with Crippen molar-refractivity contribution in [3.8, 4) is 0 Å². The van der Waals surface area contributed by atoms with E-state index < -0.39 is 22.1 Å². The largest absolute Gasteiger partial charge is 0.449 e. The minimum absolute atomic E-state index is 0.00461. The molecule has 1 rings (SSSR count). The van der Waals surface area contributed by atoms with Crippen LogP contribution in [0.15, 0.2) is 23.1 Å². The summed E-state index contributed by atoms with van der Waals surface area (Å²) in [6.07, 6.45) is -0.976. The lowest BCUT2D eigenvalue weighted by Crippen LogP contribution is -2.47. The Hall–Kier alpha value is -1.93. The molecule has 0 N–H and O–H groups in total. The molecule has 0 bridgehead atoms. The third-order valence-corrected chi connectivity index (χ3v) is 6.02. The molecule has 1 aromatic rings. The third-order valence-electron chi connectivity index (χ3n) is 4.21. The fourth-order valence-corrected chi connectivity index (χ4v) is 3.71. The molecule has 1 atom stereocenters. The molecule has 0 aliphatic carbocycles. The standard InChI is InChI=1S/C19H30N2O5S/c1-12(2)21(13(3)4)18(22)15(6)26-19(23)17-11-16(10-9-14(17)5)27(24,25)20(7)8/h9-13,15H,1-8H3/t15-/m0/s1. The van der Waals surface area contributed by atoms with Gasteiger partial charge in [-0.15, -0.1) is 0 Å². The van der Waals surface area contributed by atoms with Gasteiger partial charge in [-0.2, -0.15) is 0 Å². The number of hydrogen-bond donors (Lipinski definition) is 0. The summed E-state index contributed by atoms with van der Waals surface area (Å²) < 4.78 is 31.0. The summed E-state index contributed by atoms with van der Waals surface area (Å²) in [5, 5.41) is 0. The van der Waals surface area contributed by atoms with Gasteiger partial charge in [-0.05, 0) is 59.2 Å². The van der Waals surface area contributed by atoms with Crippen LogP contribution in [-0.2, 0) is 19.6 Å². The van der Waals surface area contributed by atoms with Crippen LogP contribution in [0.1, 0.15) is 50.5 Å². The second-order valence-corrected chi connectivity index (χ2v) is 9.40. The van der Waals surface area contributed by atoms with Crippen LogP contribution in [0.5, 0.6) is 0 Å². The number of sulfonamides is 1. The number of amides is 1. The van der Waals surface area contributed by atoms with E-state index in [0.29, 0.717) is 5.56 Å². The molecule has 152 valence electrons. The number of rotatable bonds is 7. The van der Waals surface area contributed by atoms with Gasteiger partial charge < -0.3 is 9.64 Å². The molecule has 1 aromatic carbocycles. The van der Waals surface area contributed by atoms with Crippen LogP contribution < -0.4 is 0 Å². The third kappa shape index (κ3) is 5.29. The molecule has 0 radical (unpaired) electrons. The molecule has 0 fully saturated rings. The van der Waals surface area contributed by atoms with Crippen molar-refractivity contribution in [3.05, 3.63) is 29.3 Å². The molecule has 0 saturated carbocycles. The molecular formula is C19H30N2O5S. The molecule has 0 unspecified atom stereocenters. The maximum absolute atomic E-state index is 12.6. The van der Waals surface area contributed by atoms with Crippen LogP contribution in [0, 0.1) is 6.92 Å². The van der Waals surface area contributed by atoms with Crippen LogP contribution in [0.2, 0.25) is 0 Å². The molecule has 0 spiro atoms. The zero-order valence-electron chi connectivity index (χ0n) is 17.3. The first-order valence-electron chi connectivity index (χ1n) is 8.87. The van der Waals surface area contributed by atoms with Gasteiger partial charge in [-0.1, -0.05) is 6.07 Å². The second kappa shape index (κ2) is 8.84. The van der Waals surface area contributed by atoms with Crippen molar-refractivity contribution < 1.29 is 22.7 Å². The predicted octanol–water partition coefficient (Wildman–Crippen LogP) is 2.44. The summed E-state index contributed by atoms with van der Waals surface area (Å²) in [6, 6.07) is 4.21. The summed E-state index contributed by atoms with van der Waals surface area (Å²) in [7, 11) is -0.846. The topological polar surface area (TPSA) is 84.0 Å². The van der Waals surface area contributed by atoms with Gasteiger partial charge in [-0.25, -0.2) is 17.5 Å². The van der Waals surface area contributed by atoms with E-state index in [-0.39, 0.29) is 28.4 Å². The van der Waals surface area contributed by atoms with Crippen molar-refractivity contribution in [2.45, 2.75) is 64.6 Å². The maximum Gasteiger partial charge on any atom is 0.339 e. The first kappa shape index (κ1) is 23.1. The van der Waals surface area contributed by atoms with Crippen LogP contribution >= 0.6 is 0 Å². The molecule has 0 aliphatic heterocycles. The summed E-state index contributed by atoms with van der Waals surface area (Å²) in [4.78, 5) is 26.9. The Bertz CT molecular complexity index is 792. The molecule has 0 aliphatic rings. The summed E-state index contributed by atoms with van der Waals surface area (Å²) in [5.41, 5.74) is 0.695. The number of hydrogen-bond acceptors (Lipinski definition) is 5. The number of ether oxygens (including phenoxy) is 1. The molecule has 8 heteroatoms. The Morgan fingerprint density at radius 2 is 1.52 bits per heavy atom. The number of aryl methyl sites for hydroxylation is 1. The van der Waals surface area contributed by atoms with Crippen LogP contribution in [0.25, 0.3) is 0 Å². The molecule has 0 saturated heterocycles. The van der Waals surface area contributed by atoms with E-state index in [9.17, 15) is 18.0 Å². The highest BCUT2D eigenvalue weighted by Gasteiger charge is 2.29. The van der Waals surface area contributed by atoms with Crippen molar-refractivity contribution in [1.29, 1.82) is 0 Å². The van der Waals surface area contributed by atoms with Crippen molar-refractivity contribution >= 4 is 21.9 Å². The maximum atomic E-state index is 12.6. The van der Waals surface area contributed by atoms with Gasteiger partial charge >= 0.3 is 5.97 Å². The van der Waals surface area contributed by atoms with Gasteiger partial charge in [0.1, 0.15) is 0 Å². The molecule has 27 heavy (non-hydrogen) atoms. The van der Waals surface area contributed by atoms with Gasteiger partial charge in [0.25, 0.3) is 5.91 Å². The zero-order valence-corrected chi connectivity index (χ0v) is 18.1. The van der Waals surface area contributed by atoms with Crippen molar-refractivity contribution in [1.82, 2.24) is 9.21 Å². The lowest BCUT2D eigenvalue weighted by Gasteiger charge is -2.32. The van der Waals surface area contributed by atoms with Crippen molar-refractivity contribution in [3.63, 3.8) is 0 Å². The smallest absolute Gasteiger partial charge is 0.339 e. The highest BCUT2D eigenvalue weighted by atomic mass is 32.2. The molecule has 7 nitrogen and oxygen atoms in total. The molecular weight excluding hydrogens is 368 g/mol. The molecule has 0 aromatic heterocycles. The van der Waals surface area contributed by atoms with Crippen LogP contribution in [-0.4, -0.2) is 61.8 Å². The Kier molecular flexibility index (Phi) is 7.57. The lowest BCUT2D eigenvalue weighted by molar-refractivity contribution is -0.143. The number of carbonyl (C=O) groups is 2. The van der Waals surface area contributed by atoms with E-state index >= 15 is 0 Å². The highest BCUT2D eigenvalue weighted by molar-refractivity contribution is 7.89. The van der Waals surface area contributed by atoms with Crippen molar-refractivity contribution in [2.24, 2.45) is 0 Å². The Morgan fingerprint density at radius 1 is 1.00 bits per heavy atom. The fraction of sp³-hybridized carbons (Fsp3) is 0.579. The van der Waals surface area contributed by atoms with Crippen LogP contribution in [0.3, 0.4) is 0 Å². The molecule has 0 heterocycles. The van der Waals surface area contributed by atoms with Crippen LogP contribution in [0.4, 0.5) is 0 Å². The highest BCUT2D eigenvalue weighted by Crippen LogP contribution is 2.20. The Labute approximate surface area is 162 Å². The van der Waals surface area contributed by atoms with Gasteiger partial charge in [0, 0.05) is 26.2 Å². The second-order valence-electron chi connectivity index (χ2n) is 7.24. The fourth-order valence-electron chi connectivity index (χ4n) is 2.78. The van der Waals surface area contributed by atoms with Gasteiger partial charge in [-0.3, -0.25) is 4.79 Å². The summed E-state index contributed by atoms with van der Waals surface area (Å²) in [5.74, 6) is -1.01. The van der Waals surface area contributed by atoms with E-state index in [4.69, 9.17) is 4.74 Å². The average molecular weight is 399 g/mol. The van der Waals surface area contributed by atoms with Gasteiger partial charge in [0.15, 0.2) is 6.10 Å². The quantitative estimate of drug-likeness (QED) is 0.659. The average Bonchev–Trinajstić information content (AvgIpc) is 2.53. The summed E-state index contributed by atoms with van der Waals surface area (Å²) in [6.45, 7) is 10.8. The summed E-state index contributed by atoms with van der Waals surface area (Å²) >= 11 is 0. The predicted molar refractivity (Wildman–Crippen MR) is 104 cm³/mol. The first-order chi connectivity index (χ1) is 12.3. The minimum atomic E-state index is -3.68. The first-order valence-corrected chi connectivity index (χ1v) is 10.3. The normalized spacial score (nSPS) is 13.1. The number of nitrogens with zero attached hydrogens (tertiary/aromatic N) is 2. The number of carbonyl (C=O) groups excluding carboxylic acids is 2. The van der Waals surface area contributed by atoms with E-state index in [1.807, 2.05) is 27.7 Å². The van der Waals surface area contributed by atoms with E-state index in [1.54, 1.807) is 17.9 Å². The Balaban J connectivity index is 3.12. The SMILES string of the molecule is Cc1ccc(S(=O)(=O)N(C)C)cc1C(=O)O[C@@H](C)C(=O)N(C(C)C)C(C)C. The molecule has 1 amide bonds. The van der Waals surface area contributed by atoms with E-state index in [0.717, 1.165) is 4.31 Å². The van der Waals surface area contributed by atoms with E-state index in [2.05, 4.69) is 0 Å². The minimum Gasteiger partial charge on any atom is -0.449 e. The zero-order chi connectivity index (χ0) is 21.1. The number of esters is 1. The van der Waals surface area contributed by atoms with Gasteiger partial charge in [0.05, 0.1) is 10.5 Å². The van der Waals surface area contributed by atoms with Crippen molar-refractivity contribution in [2.75, 3.05) is 14.1 Å². The Morgan fingerprint density at radius 3 is 1.96 bits per heavy atom. The lowest BCUT2D eigenvalue weighted by atomic mass is 10.1. The van der Waals surface area contributed by atoms with Gasteiger partial charge in [0.2, 0.25) is 10.0 Å². The monoisotopic (exact) mass is 398 g/mol.